The van der Waals surface area contributed by atoms with Gasteiger partial charge in [0.25, 0.3) is 0 Å². The maximum atomic E-state index is 12.2. The van der Waals surface area contributed by atoms with Gasteiger partial charge in [-0.25, -0.2) is 0 Å². The zero-order valence-corrected chi connectivity index (χ0v) is 10.5. The van der Waals surface area contributed by atoms with Gasteiger partial charge in [0.1, 0.15) is 11.7 Å². The molecule has 1 aromatic heterocycles. The molecule has 0 aliphatic carbocycles. The van der Waals surface area contributed by atoms with E-state index < -0.39 is 11.9 Å². The average molecular weight is 238 g/mol. The second-order valence-electron chi connectivity index (χ2n) is 3.97. The van der Waals surface area contributed by atoms with Gasteiger partial charge in [0.15, 0.2) is 5.78 Å². The van der Waals surface area contributed by atoms with Crippen molar-refractivity contribution in [2.75, 3.05) is 7.11 Å². The van der Waals surface area contributed by atoms with Crippen molar-refractivity contribution in [2.24, 2.45) is 5.92 Å². The fourth-order valence-corrected chi connectivity index (χ4v) is 1.73. The summed E-state index contributed by atoms with van der Waals surface area (Å²) in [5, 5.41) is 0. The van der Waals surface area contributed by atoms with Gasteiger partial charge in [-0.15, -0.1) is 0 Å². The minimum Gasteiger partial charge on any atom is -0.469 e. The normalized spacial score (nSPS) is 12.2. The maximum absolute atomic E-state index is 12.2. The van der Waals surface area contributed by atoms with Crippen LogP contribution >= 0.6 is 0 Å². The number of hydrogen-bond donors (Lipinski definition) is 0. The van der Waals surface area contributed by atoms with Gasteiger partial charge in [0, 0.05) is 0 Å². The molecule has 94 valence electrons. The summed E-state index contributed by atoms with van der Waals surface area (Å²) >= 11 is 0. The van der Waals surface area contributed by atoms with Crippen molar-refractivity contribution >= 4 is 11.8 Å². The first kappa shape index (κ1) is 13.5. The lowest BCUT2D eigenvalue weighted by Crippen LogP contribution is -2.25. The molecular weight excluding hydrogens is 220 g/mol. The minimum atomic E-state index is -0.712. The van der Waals surface area contributed by atoms with Gasteiger partial charge in [0.2, 0.25) is 0 Å². The summed E-state index contributed by atoms with van der Waals surface area (Å²) in [6.45, 7) is 3.73. The van der Waals surface area contributed by atoms with Crippen LogP contribution in [0.5, 0.6) is 0 Å². The molecule has 0 N–H and O–H groups in total. The Balaban J connectivity index is 2.86. The van der Waals surface area contributed by atoms with Gasteiger partial charge in [-0.1, -0.05) is 19.8 Å². The number of carbonyl (C=O) groups excluding carboxylic acids is 2. The number of ketones is 1. The van der Waals surface area contributed by atoms with E-state index in [1.54, 1.807) is 13.0 Å². The predicted octanol–water partition coefficient (Wildman–Crippen LogP) is 2.75. The molecule has 0 radical (unpaired) electrons. The van der Waals surface area contributed by atoms with Gasteiger partial charge >= 0.3 is 5.97 Å². The highest BCUT2D eigenvalue weighted by atomic mass is 16.5. The van der Waals surface area contributed by atoms with Gasteiger partial charge in [-0.2, -0.15) is 0 Å². The third-order valence-electron chi connectivity index (χ3n) is 2.77. The highest BCUT2D eigenvalue weighted by Crippen LogP contribution is 2.20. The first-order valence-corrected chi connectivity index (χ1v) is 5.78. The lowest BCUT2D eigenvalue weighted by Gasteiger charge is -2.12. The van der Waals surface area contributed by atoms with E-state index in [-0.39, 0.29) is 5.78 Å². The third kappa shape index (κ3) is 3.19. The maximum Gasteiger partial charge on any atom is 0.316 e. The van der Waals surface area contributed by atoms with E-state index in [9.17, 15) is 9.59 Å². The molecule has 4 heteroatoms. The second kappa shape index (κ2) is 6.23. The molecule has 0 aromatic carbocycles. The summed E-state index contributed by atoms with van der Waals surface area (Å²) in [4.78, 5) is 23.8. The van der Waals surface area contributed by atoms with Crippen molar-refractivity contribution in [1.29, 1.82) is 0 Å². The summed E-state index contributed by atoms with van der Waals surface area (Å²) in [5.74, 6) is -0.850. The van der Waals surface area contributed by atoms with Crippen LogP contribution in [0.1, 0.15) is 42.3 Å². The molecule has 0 saturated carbocycles. The van der Waals surface area contributed by atoms with E-state index in [0.717, 1.165) is 12.8 Å². The van der Waals surface area contributed by atoms with E-state index in [2.05, 4.69) is 4.74 Å². The van der Waals surface area contributed by atoms with Crippen molar-refractivity contribution in [1.82, 2.24) is 0 Å². The standard InChI is InChI=1S/C13H18O4/c1-4-5-6-11(13(15)16-3)12(14)10-7-8-17-9(10)2/h7-8,11H,4-6H2,1-3H3. The van der Waals surface area contributed by atoms with Crippen LogP contribution in [-0.2, 0) is 9.53 Å². The Morgan fingerprint density at radius 3 is 2.65 bits per heavy atom. The molecule has 1 heterocycles. The van der Waals surface area contributed by atoms with Crippen molar-refractivity contribution in [2.45, 2.75) is 33.1 Å². The first-order chi connectivity index (χ1) is 8.11. The molecule has 4 nitrogen and oxygen atoms in total. The van der Waals surface area contributed by atoms with Crippen molar-refractivity contribution in [3.8, 4) is 0 Å². The summed E-state index contributed by atoms with van der Waals surface area (Å²) in [5.41, 5.74) is 0.469. The molecule has 0 aliphatic rings. The molecular formula is C13H18O4. The number of aryl methyl sites for hydroxylation is 1. The van der Waals surface area contributed by atoms with Crippen LogP contribution in [0.4, 0.5) is 0 Å². The van der Waals surface area contributed by atoms with E-state index in [4.69, 9.17) is 4.42 Å². The number of rotatable bonds is 6. The Morgan fingerprint density at radius 2 is 2.18 bits per heavy atom. The van der Waals surface area contributed by atoms with Gasteiger partial charge < -0.3 is 9.15 Å². The smallest absolute Gasteiger partial charge is 0.316 e. The monoisotopic (exact) mass is 238 g/mol. The first-order valence-electron chi connectivity index (χ1n) is 5.78. The molecule has 0 fully saturated rings. The molecule has 0 bridgehead atoms. The fourth-order valence-electron chi connectivity index (χ4n) is 1.73. The van der Waals surface area contributed by atoms with Crippen LogP contribution in [0.25, 0.3) is 0 Å². The van der Waals surface area contributed by atoms with E-state index in [1.807, 2.05) is 6.92 Å². The SMILES string of the molecule is CCCCC(C(=O)OC)C(=O)c1ccoc1C. The van der Waals surface area contributed by atoms with Crippen LogP contribution in [0, 0.1) is 12.8 Å². The molecule has 1 rings (SSSR count). The molecule has 1 atom stereocenters. The molecule has 0 saturated heterocycles. The Hall–Kier alpha value is -1.58. The largest absolute Gasteiger partial charge is 0.469 e. The van der Waals surface area contributed by atoms with Crippen LogP contribution in [0.15, 0.2) is 16.7 Å². The average Bonchev–Trinajstić information content (AvgIpc) is 2.75. The van der Waals surface area contributed by atoms with E-state index in [1.165, 1.54) is 13.4 Å². The van der Waals surface area contributed by atoms with Crippen LogP contribution in [0.3, 0.4) is 0 Å². The number of furan rings is 1. The summed E-state index contributed by atoms with van der Waals surface area (Å²) in [7, 11) is 1.30. The van der Waals surface area contributed by atoms with Crippen LogP contribution in [0.2, 0.25) is 0 Å². The summed E-state index contributed by atoms with van der Waals surface area (Å²) in [6.07, 6.45) is 3.73. The number of carbonyl (C=O) groups is 2. The van der Waals surface area contributed by atoms with E-state index in [0.29, 0.717) is 17.7 Å². The Kier molecular flexibility index (Phi) is 4.94. The minimum absolute atomic E-state index is 0.212. The fraction of sp³-hybridized carbons (Fsp3) is 0.538. The number of methoxy groups -OCH3 is 1. The van der Waals surface area contributed by atoms with Crippen molar-refractivity contribution < 1.29 is 18.7 Å². The lowest BCUT2D eigenvalue weighted by atomic mass is 9.93. The molecule has 0 aliphatic heterocycles. The highest BCUT2D eigenvalue weighted by molar-refractivity contribution is 6.09. The molecule has 1 aromatic rings. The van der Waals surface area contributed by atoms with Crippen molar-refractivity contribution in [3.63, 3.8) is 0 Å². The number of ether oxygens (including phenoxy) is 1. The number of Topliss-reactive ketones (excluding diaryl/α,β-unsaturated/α-hetero) is 1. The Morgan fingerprint density at radius 1 is 1.47 bits per heavy atom. The van der Waals surface area contributed by atoms with Gasteiger partial charge in [-0.05, 0) is 19.4 Å². The van der Waals surface area contributed by atoms with Crippen LogP contribution < -0.4 is 0 Å². The third-order valence-corrected chi connectivity index (χ3v) is 2.77. The number of esters is 1. The summed E-state index contributed by atoms with van der Waals surface area (Å²) < 4.78 is 9.76. The number of hydrogen-bond acceptors (Lipinski definition) is 4. The quantitative estimate of drug-likeness (QED) is 0.434. The number of unbranched alkanes of at least 4 members (excludes halogenated alkanes) is 1. The Bertz CT molecular complexity index is 392. The van der Waals surface area contributed by atoms with Gasteiger partial charge in [0.05, 0.1) is 18.9 Å². The molecule has 17 heavy (non-hydrogen) atoms. The van der Waals surface area contributed by atoms with E-state index >= 15 is 0 Å². The molecule has 0 spiro atoms. The zero-order chi connectivity index (χ0) is 12.8. The predicted molar refractivity (Wildman–Crippen MR) is 62.8 cm³/mol. The van der Waals surface area contributed by atoms with Gasteiger partial charge in [-0.3, -0.25) is 9.59 Å². The Labute approximate surface area is 101 Å². The van der Waals surface area contributed by atoms with Crippen molar-refractivity contribution in [3.05, 3.63) is 23.7 Å². The zero-order valence-electron chi connectivity index (χ0n) is 10.5. The second-order valence-corrected chi connectivity index (χ2v) is 3.97. The highest BCUT2D eigenvalue weighted by Gasteiger charge is 2.29. The molecule has 1 unspecified atom stereocenters. The summed E-state index contributed by atoms with van der Waals surface area (Å²) in [6, 6.07) is 1.60. The lowest BCUT2D eigenvalue weighted by molar-refractivity contribution is -0.143. The molecule has 0 amide bonds. The van der Waals surface area contributed by atoms with Crippen LogP contribution in [-0.4, -0.2) is 18.9 Å². The topological polar surface area (TPSA) is 56.5 Å².